The summed E-state index contributed by atoms with van der Waals surface area (Å²) in [4.78, 5) is 25.4. The molecule has 2 N–H and O–H groups in total. The molecule has 2 aromatic carbocycles. The van der Waals surface area contributed by atoms with Gasteiger partial charge in [-0.15, -0.1) is 0 Å². The molecule has 0 radical (unpaired) electrons. The highest BCUT2D eigenvalue weighted by molar-refractivity contribution is 7.89. The lowest BCUT2D eigenvalue weighted by atomic mass is 10.2. The summed E-state index contributed by atoms with van der Waals surface area (Å²) in [5.74, 6) is 0.725. The Balaban J connectivity index is 1.34. The van der Waals surface area contributed by atoms with Gasteiger partial charge in [0.15, 0.2) is 11.5 Å². The van der Waals surface area contributed by atoms with Crippen LogP contribution in [0.1, 0.15) is 18.1 Å². The van der Waals surface area contributed by atoms with E-state index in [2.05, 4.69) is 10.0 Å². The van der Waals surface area contributed by atoms with Gasteiger partial charge in [0.1, 0.15) is 0 Å². The predicted molar refractivity (Wildman–Crippen MR) is 108 cm³/mol. The zero-order valence-electron chi connectivity index (χ0n) is 16.3. The maximum Gasteiger partial charge on any atom is 0.241 e. The van der Waals surface area contributed by atoms with Gasteiger partial charge in [-0.2, -0.15) is 0 Å². The molecule has 158 valence electrons. The number of nitrogens with zero attached hydrogens (tertiary/aromatic N) is 1. The number of sulfonamides is 1. The lowest BCUT2D eigenvalue weighted by Crippen LogP contribution is -2.36. The summed E-state index contributed by atoms with van der Waals surface area (Å²) < 4.78 is 37.9. The Morgan fingerprint density at radius 2 is 1.90 bits per heavy atom. The van der Waals surface area contributed by atoms with Gasteiger partial charge in [0.25, 0.3) is 0 Å². The van der Waals surface area contributed by atoms with Crippen molar-refractivity contribution in [1.29, 1.82) is 0 Å². The molecule has 9 nitrogen and oxygen atoms in total. The second kappa shape index (κ2) is 7.96. The highest BCUT2D eigenvalue weighted by Gasteiger charge is 2.25. The Labute approximate surface area is 174 Å². The summed E-state index contributed by atoms with van der Waals surface area (Å²) in [7, 11) is -3.86. The average Bonchev–Trinajstić information content (AvgIpc) is 3.36. The van der Waals surface area contributed by atoms with Gasteiger partial charge in [-0.05, 0) is 47.9 Å². The summed E-state index contributed by atoms with van der Waals surface area (Å²) in [5.41, 5.74) is 2.33. The number of fused-ring (bicyclic) bond motifs is 2. The van der Waals surface area contributed by atoms with E-state index < -0.39 is 15.9 Å². The van der Waals surface area contributed by atoms with E-state index in [1.807, 2.05) is 0 Å². The van der Waals surface area contributed by atoms with Crippen LogP contribution in [0.3, 0.4) is 0 Å². The maximum atomic E-state index is 12.6. The van der Waals surface area contributed by atoms with E-state index in [1.165, 1.54) is 13.0 Å². The summed E-state index contributed by atoms with van der Waals surface area (Å²) in [6.45, 7) is 2.02. The zero-order chi connectivity index (χ0) is 21.3. The lowest BCUT2D eigenvalue weighted by molar-refractivity contribution is -0.120. The fraction of sp³-hybridized carbons (Fsp3) is 0.300. The lowest BCUT2D eigenvalue weighted by Gasteiger charge is -2.15. The van der Waals surface area contributed by atoms with Gasteiger partial charge in [0.2, 0.25) is 28.6 Å². The molecule has 2 aromatic rings. The zero-order valence-corrected chi connectivity index (χ0v) is 17.1. The Bertz CT molecular complexity index is 1120. The van der Waals surface area contributed by atoms with Gasteiger partial charge >= 0.3 is 0 Å². The first kappa shape index (κ1) is 20.2. The molecule has 2 aliphatic rings. The maximum absolute atomic E-state index is 12.6. The molecule has 0 bridgehead atoms. The van der Waals surface area contributed by atoms with Gasteiger partial charge in [-0.25, -0.2) is 13.1 Å². The van der Waals surface area contributed by atoms with Crippen molar-refractivity contribution in [2.75, 3.05) is 24.8 Å². The quantitative estimate of drug-likeness (QED) is 0.703. The van der Waals surface area contributed by atoms with Crippen LogP contribution in [0.5, 0.6) is 11.5 Å². The van der Waals surface area contributed by atoms with Gasteiger partial charge in [-0.1, -0.05) is 6.07 Å². The number of rotatable bonds is 6. The number of carbonyl (C=O) groups is 2. The molecule has 2 amide bonds. The van der Waals surface area contributed by atoms with Crippen molar-refractivity contribution in [2.24, 2.45) is 0 Å². The molecule has 4 rings (SSSR count). The summed E-state index contributed by atoms with van der Waals surface area (Å²) >= 11 is 0. The number of anilines is 1. The van der Waals surface area contributed by atoms with Crippen LogP contribution in [-0.4, -0.2) is 40.1 Å². The minimum absolute atomic E-state index is 0.0650. The number of carbonyl (C=O) groups excluding carboxylic acids is 2. The monoisotopic (exact) mass is 431 g/mol. The molecule has 2 aliphatic heterocycles. The van der Waals surface area contributed by atoms with Crippen molar-refractivity contribution < 1.29 is 27.5 Å². The Morgan fingerprint density at radius 1 is 1.10 bits per heavy atom. The number of nitrogens with one attached hydrogen (secondary N) is 2. The van der Waals surface area contributed by atoms with E-state index >= 15 is 0 Å². The SMILES string of the molecule is CC(=O)N1CCc2cc(S(=O)(=O)NCC(=O)NCc3ccc4c(c3)OCO4)ccc21. The first-order chi connectivity index (χ1) is 14.3. The predicted octanol–water partition coefficient (Wildman–Crippen LogP) is 0.919. The van der Waals surface area contributed by atoms with Crippen LogP contribution >= 0.6 is 0 Å². The first-order valence-electron chi connectivity index (χ1n) is 9.39. The molecule has 0 saturated heterocycles. The molecule has 10 heteroatoms. The molecule has 0 unspecified atom stereocenters. The van der Waals surface area contributed by atoms with Crippen molar-refractivity contribution in [3.8, 4) is 11.5 Å². The van der Waals surface area contributed by atoms with Crippen LogP contribution in [0.15, 0.2) is 41.3 Å². The van der Waals surface area contributed by atoms with Crippen LogP contribution in [0.25, 0.3) is 0 Å². The van der Waals surface area contributed by atoms with Crippen molar-refractivity contribution in [3.05, 3.63) is 47.5 Å². The number of hydrogen-bond donors (Lipinski definition) is 2. The van der Waals surface area contributed by atoms with Crippen molar-refractivity contribution in [1.82, 2.24) is 10.0 Å². The summed E-state index contributed by atoms with van der Waals surface area (Å²) in [5, 5.41) is 2.67. The smallest absolute Gasteiger partial charge is 0.241 e. The van der Waals surface area contributed by atoms with Gasteiger partial charge < -0.3 is 19.7 Å². The molecule has 0 spiro atoms. The number of ether oxygens (including phenoxy) is 2. The van der Waals surface area contributed by atoms with Crippen LogP contribution in [0, 0.1) is 0 Å². The molecule has 0 aliphatic carbocycles. The van der Waals surface area contributed by atoms with E-state index in [4.69, 9.17) is 9.47 Å². The molecule has 0 atom stereocenters. The van der Waals surface area contributed by atoms with E-state index in [0.717, 1.165) is 16.8 Å². The van der Waals surface area contributed by atoms with Gasteiger partial charge in [0.05, 0.1) is 11.4 Å². The minimum Gasteiger partial charge on any atom is -0.454 e. The van der Waals surface area contributed by atoms with Crippen molar-refractivity contribution in [2.45, 2.75) is 24.8 Å². The molecule has 30 heavy (non-hydrogen) atoms. The summed E-state index contributed by atoms with van der Waals surface area (Å²) in [6, 6.07) is 9.93. The number of hydrogen-bond acceptors (Lipinski definition) is 6. The normalized spacial score (nSPS) is 14.5. The van der Waals surface area contributed by atoms with Crippen LogP contribution in [0.2, 0.25) is 0 Å². The second-order valence-electron chi connectivity index (χ2n) is 7.00. The van der Waals surface area contributed by atoms with Crippen LogP contribution < -0.4 is 24.4 Å². The van der Waals surface area contributed by atoms with Crippen LogP contribution in [0.4, 0.5) is 5.69 Å². The number of benzene rings is 2. The Hall–Kier alpha value is -3.11. The van der Waals surface area contributed by atoms with Gasteiger partial charge in [-0.3, -0.25) is 9.59 Å². The first-order valence-corrected chi connectivity index (χ1v) is 10.9. The average molecular weight is 431 g/mol. The minimum atomic E-state index is -3.86. The number of amides is 2. The van der Waals surface area contributed by atoms with E-state index in [0.29, 0.717) is 24.5 Å². The van der Waals surface area contributed by atoms with E-state index in [-0.39, 0.29) is 30.7 Å². The highest BCUT2D eigenvalue weighted by Crippen LogP contribution is 2.32. The molecular weight excluding hydrogens is 410 g/mol. The fourth-order valence-corrected chi connectivity index (χ4v) is 4.46. The topological polar surface area (TPSA) is 114 Å². The van der Waals surface area contributed by atoms with Crippen molar-refractivity contribution >= 4 is 27.5 Å². The van der Waals surface area contributed by atoms with E-state index in [9.17, 15) is 18.0 Å². The van der Waals surface area contributed by atoms with E-state index in [1.54, 1.807) is 35.2 Å². The largest absolute Gasteiger partial charge is 0.454 e. The Morgan fingerprint density at radius 3 is 2.70 bits per heavy atom. The molecule has 2 heterocycles. The molecule has 0 aromatic heterocycles. The van der Waals surface area contributed by atoms with Crippen LogP contribution in [-0.2, 0) is 32.6 Å². The summed E-state index contributed by atoms with van der Waals surface area (Å²) in [6.07, 6.45) is 0.592. The fourth-order valence-electron chi connectivity index (χ4n) is 3.43. The van der Waals surface area contributed by atoms with Crippen molar-refractivity contribution in [3.63, 3.8) is 0 Å². The Kier molecular flexibility index (Phi) is 5.35. The molecule has 0 saturated carbocycles. The third-order valence-electron chi connectivity index (χ3n) is 4.99. The third-order valence-corrected chi connectivity index (χ3v) is 6.39. The standard InChI is InChI=1S/C20H21N3O6S/c1-13(24)23-7-6-15-9-16(3-4-17(15)23)30(26,27)22-11-20(25)21-10-14-2-5-18-19(8-14)29-12-28-18/h2-5,8-9,22H,6-7,10-12H2,1H3,(H,21,25). The second-order valence-corrected chi connectivity index (χ2v) is 8.77. The molecule has 0 fully saturated rings. The highest BCUT2D eigenvalue weighted by atomic mass is 32.2. The molecular formula is C20H21N3O6S. The third kappa shape index (κ3) is 4.10. The van der Waals surface area contributed by atoms with Gasteiger partial charge in [0, 0.05) is 25.7 Å².